The maximum atomic E-state index is 13.4. The van der Waals surface area contributed by atoms with Crippen LogP contribution in [-0.2, 0) is 12.0 Å². The third-order valence-corrected chi connectivity index (χ3v) is 5.24. The van der Waals surface area contributed by atoms with Gasteiger partial charge < -0.3 is 5.11 Å². The molecule has 0 saturated heterocycles. The van der Waals surface area contributed by atoms with E-state index in [4.69, 9.17) is 11.6 Å². The van der Waals surface area contributed by atoms with E-state index in [-0.39, 0.29) is 12.2 Å². The van der Waals surface area contributed by atoms with Crippen molar-refractivity contribution in [1.82, 2.24) is 0 Å². The summed E-state index contributed by atoms with van der Waals surface area (Å²) in [5.41, 5.74) is -0.472. The fraction of sp³-hybridized carbons (Fsp3) is 0.176. The van der Waals surface area contributed by atoms with Crippen LogP contribution in [0, 0.1) is 5.82 Å². The van der Waals surface area contributed by atoms with Crippen molar-refractivity contribution in [2.45, 2.75) is 18.9 Å². The molecule has 108 valence electrons. The first kappa shape index (κ1) is 14.5. The van der Waals surface area contributed by atoms with E-state index in [0.29, 0.717) is 10.6 Å². The van der Waals surface area contributed by atoms with E-state index in [1.165, 1.54) is 18.2 Å². The van der Waals surface area contributed by atoms with Gasteiger partial charge in [0.2, 0.25) is 0 Å². The van der Waals surface area contributed by atoms with Crippen LogP contribution in [0.2, 0.25) is 5.02 Å². The van der Waals surface area contributed by atoms with Gasteiger partial charge >= 0.3 is 0 Å². The van der Waals surface area contributed by atoms with Gasteiger partial charge in [-0.2, -0.15) is 0 Å². The molecule has 3 aromatic rings. The molecule has 21 heavy (non-hydrogen) atoms. The average molecular weight is 321 g/mol. The molecule has 0 aliphatic heterocycles. The van der Waals surface area contributed by atoms with Crippen molar-refractivity contribution in [3.63, 3.8) is 0 Å². The largest absolute Gasteiger partial charge is 0.384 e. The van der Waals surface area contributed by atoms with Crippen molar-refractivity contribution in [2.75, 3.05) is 0 Å². The highest BCUT2D eigenvalue weighted by Crippen LogP contribution is 2.36. The standard InChI is InChI=1S/C17H14ClFOS/c1-17(20,10-12-8-13(19)6-7-14(12)18)16-9-11-4-2-3-5-15(11)21-16/h2-9,20H,10H2,1H3. The highest BCUT2D eigenvalue weighted by Gasteiger charge is 2.27. The van der Waals surface area contributed by atoms with Crippen molar-refractivity contribution in [1.29, 1.82) is 0 Å². The Labute approximate surface area is 131 Å². The van der Waals surface area contributed by atoms with Crippen molar-refractivity contribution < 1.29 is 9.50 Å². The molecule has 0 fully saturated rings. The summed E-state index contributed by atoms with van der Waals surface area (Å²) >= 11 is 7.64. The van der Waals surface area contributed by atoms with E-state index in [2.05, 4.69) is 0 Å². The third-order valence-electron chi connectivity index (χ3n) is 3.50. The minimum absolute atomic E-state index is 0.274. The van der Waals surface area contributed by atoms with Gasteiger partial charge in [0, 0.05) is 21.0 Å². The van der Waals surface area contributed by atoms with Gasteiger partial charge in [0.25, 0.3) is 0 Å². The molecule has 1 N–H and O–H groups in total. The summed E-state index contributed by atoms with van der Waals surface area (Å²) in [5, 5.41) is 12.4. The number of hydrogen-bond donors (Lipinski definition) is 1. The lowest BCUT2D eigenvalue weighted by Gasteiger charge is -2.22. The fourth-order valence-corrected chi connectivity index (χ4v) is 3.67. The van der Waals surface area contributed by atoms with E-state index in [1.54, 1.807) is 18.3 Å². The van der Waals surface area contributed by atoms with Gasteiger partial charge in [-0.3, -0.25) is 0 Å². The second-order valence-electron chi connectivity index (χ2n) is 5.33. The molecular formula is C17H14ClFOS. The molecule has 3 rings (SSSR count). The maximum Gasteiger partial charge on any atom is 0.123 e. The topological polar surface area (TPSA) is 20.2 Å². The van der Waals surface area contributed by atoms with Crippen LogP contribution < -0.4 is 0 Å². The molecule has 1 nitrogen and oxygen atoms in total. The van der Waals surface area contributed by atoms with Gasteiger partial charge in [-0.25, -0.2) is 4.39 Å². The van der Waals surface area contributed by atoms with Crippen LogP contribution in [0.3, 0.4) is 0 Å². The Balaban J connectivity index is 1.97. The lowest BCUT2D eigenvalue weighted by Crippen LogP contribution is -2.23. The highest BCUT2D eigenvalue weighted by molar-refractivity contribution is 7.19. The number of hydrogen-bond acceptors (Lipinski definition) is 2. The zero-order valence-electron chi connectivity index (χ0n) is 11.4. The second kappa shape index (κ2) is 5.41. The van der Waals surface area contributed by atoms with Crippen LogP contribution in [0.5, 0.6) is 0 Å². The number of halogens is 2. The Morgan fingerprint density at radius 1 is 1.19 bits per heavy atom. The smallest absolute Gasteiger partial charge is 0.123 e. The molecule has 1 atom stereocenters. The van der Waals surface area contributed by atoms with Crippen molar-refractivity contribution in [3.05, 3.63) is 69.8 Å². The molecule has 0 aliphatic rings. The number of thiophene rings is 1. The Morgan fingerprint density at radius 2 is 1.95 bits per heavy atom. The molecule has 1 unspecified atom stereocenters. The summed E-state index contributed by atoms with van der Waals surface area (Å²) in [6, 6.07) is 14.2. The van der Waals surface area contributed by atoms with E-state index in [9.17, 15) is 9.50 Å². The number of rotatable bonds is 3. The van der Waals surface area contributed by atoms with Gasteiger partial charge in [0.05, 0.1) is 0 Å². The van der Waals surface area contributed by atoms with Gasteiger partial charge in [0.15, 0.2) is 0 Å². The third kappa shape index (κ3) is 2.95. The molecule has 0 bridgehead atoms. The summed E-state index contributed by atoms with van der Waals surface area (Å²) < 4.78 is 14.5. The molecule has 0 aliphatic carbocycles. The van der Waals surface area contributed by atoms with Crippen LogP contribution in [0.1, 0.15) is 17.4 Å². The Hall–Kier alpha value is -1.42. The van der Waals surface area contributed by atoms with Crippen molar-refractivity contribution >= 4 is 33.0 Å². The Morgan fingerprint density at radius 3 is 2.71 bits per heavy atom. The summed E-state index contributed by atoms with van der Waals surface area (Å²) in [5.74, 6) is -0.346. The van der Waals surface area contributed by atoms with Crippen molar-refractivity contribution in [3.8, 4) is 0 Å². The summed E-state index contributed by atoms with van der Waals surface area (Å²) in [7, 11) is 0. The molecule has 0 spiro atoms. The second-order valence-corrected chi connectivity index (χ2v) is 6.83. The van der Waals surface area contributed by atoms with Gasteiger partial charge in [-0.05, 0) is 48.2 Å². The first-order chi connectivity index (χ1) is 9.95. The molecule has 2 aromatic carbocycles. The molecule has 0 amide bonds. The number of benzene rings is 2. The zero-order valence-corrected chi connectivity index (χ0v) is 13.0. The monoisotopic (exact) mass is 320 g/mol. The van der Waals surface area contributed by atoms with Gasteiger partial charge in [-0.15, -0.1) is 11.3 Å². The summed E-state index contributed by atoms with van der Waals surface area (Å²) in [6.07, 6.45) is 0.274. The van der Waals surface area contributed by atoms with Crippen LogP contribution >= 0.6 is 22.9 Å². The van der Waals surface area contributed by atoms with Gasteiger partial charge in [-0.1, -0.05) is 29.8 Å². The Kier molecular flexibility index (Phi) is 3.74. The summed E-state index contributed by atoms with van der Waals surface area (Å²) in [4.78, 5) is 0.851. The van der Waals surface area contributed by atoms with E-state index in [1.807, 2.05) is 30.3 Å². The van der Waals surface area contributed by atoms with Crippen LogP contribution in [-0.4, -0.2) is 5.11 Å². The Bertz CT molecular complexity index is 761. The van der Waals surface area contributed by atoms with Crippen molar-refractivity contribution in [2.24, 2.45) is 0 Å². The summed E-state index contributed by atoms with van der Waals surface area (Å²) in [6.45, 7) is 1.74. The normalized spacial score (nSPS) is 14.3. The fourth-order valence-electron chi connectivity index (χ4n) is 2.38. The maximum absolute atomic E-state index is 13.4. The minimum atomic E-state index is -1.08. The van der Waals surface area contributed by atoms with E-state index >= 15 is 0 Å². The zero-order chi connectivity index (χ0) is 15.0. The number of aliphatic hydroxyl groups is 1. The average Bonchev–Trinajstić information content (AvgIpc) is 2.87. The molecule has 0 radical (unpaired) electrons. The van der Waals surface area contributed by atoms with Crippen LogP contribution in [0.15, 0.2) is 48.5 Å². The minimum Gasteiger partial charge on any atom is -0.384 e. The first-order valence-corrected chi connectivity index (χ1v) is 7.80. The quantitative estimate of drug-likeness (QED) is 0.708. The molecular weight excluding hydrogens is 307 g/mol. The van der Waals surface area contributed by atoms with E-state index in [0.717, 1.165) is 15.0 Å². The molecule has 0 saturated carbocycles. The molecule has 1 aromatic heterocycles. The lowest BCUT2D eigenvalue weighted by atomic mass is 9.94. The SMILES string of the molecule is CC(O)(Cc1cc(F)ccc1Cl)c1cc2ccccc2s1. The first-order valence-electron chi connectivity index (χ1n) is 6.61. The van der Waals surface area contributed by atoms with Gasteiger partial charge in [0.1, 0.15) is 11.4 Å². The highest BCUT2D eigenvalue weighted by atomic mass is 35.5. The molecule has 1 heterocycles. The number of fused-ring (bicyclic) bond motifs is 1. The predicted octanol–water partition coefficient (Wildman–Crippen LogP) is 5.14. The van der Waals surface area contributed by atoms with E-state index < -0.39 is 5.60 Å². The van der Waals surface area contributed by atoms with Crippen LogP contribution in [0.4, 0.5) is 4.39 Å². The predicted molar refractivity (Wildman–Crippen MR) is 86.5 cm³/mol. The molecule has 4 heteroatoms. The lowest BCUT2D eigenvalue weighted by molar-refractivity contribution is 0.0615. The van der Waals surface area contributed by atoms with Crippen LogP contribution in [0.25, 0.3) is 10.1 Å².